The first-order valence-corrected chi connectivity index (χ1v) is 8.37. The molecule has 0 amide bonds. The molecule has 0 fully saturated rings. The van der Waals surface area contributed by atoms with Crippen LogP contribution in [0.1, 0.15) is 43.3 Å². The van der Waals surface area contributed by atoms with E-state index in [1.807, 2.05) is 18.2 Å². The van der Waals surface area contributed by atoms with Crippen LogP contribution in [-0.4, -0.2) is 0 Å². The van der Waals surface area contributed by atoms with Crippen molar-refractivity contribution in [3.8, 4) is 0 Å². The number of nitrogens with one attached hydrogen (secondary N) is 1. The molecule has 20 heavy (non-hydrogen) atoms. The van der Waals surface area contributed by atoms with Crippen molar-refractivity contribution < 1.29 is 0 Å². The van der Waals surface area contributed by atoms with Gasteiger partial charge in [-0.05, 0) is 48.1 Å². The quantitative estimate of drug-likeness (QED) is 0.699. The summed E-state index contributed by atoms with van der Waals surface area (Å²) in [6, 6.07) is 10.3. The molecular weight excluding hydrogens is 309 g/mol. The minimum absolute atomic E-state index is 0.149. The van der Waals surface area contributed by atoms with Gasteiger partial charge < -0.3 is 5.32 Å². The van der Waals surface area contributed by atoms with E-state index in [0.717, 1.165) is 15.6 Å². The topological polar surface area (TPSA) is 12.0 Å². The van der Waals surface area contributed by atoms with Crippen LogP contribution in [0.25, 0.3) is 0 Å². The summed E-state index contributed by atoms with van der Waals surface area (Å²) in [6.45, 7) is 6.58. The molecule has 0 spiro atoms. The van der Waals surface area contributed by atoms with Gasteiger partial charge in [0.1, 0.15) is 0 Å². The largest absolute Gasteiger partial charge is 0.302 e. The lowest BCUT2D eigenvalue weighted by Gasteiger charge is -2.26. The summed E-state index contributed by atoms with van der Waals surface area (Å²) in [7, 11) is 0. The van der Waals surface area contributed by atoms with Gasteiger partial charge in [0, 0.05) is 27.0 Å². The number of benzene rings is 1. The van der Waals surface area contributed by atoms with Crippen molar-refractivity contribution in [3.63, 3.8) is 0 Å². The summed E-state index contributed by atoms with van der Waals surface area (Å²) in [5.41, 5.74) is 1.04. The highest BCUT2D eigenvalue weighted by molar-refractivity contribution is 7.10. The molecule has 0 radical (unpaired) electrons. The second-order valence-corrected chi connectivity index (χ2v) is 7.11. The maximum atomic E-state index is 6.28. The Hall–Kier alpha value is -0.540. The number of thiophene rings is 1. The van der Waals surface area contributed by atoms with E-state index in [9.17, 15) is 0 Å². The second-order valence-electron chi connectivity index (χ2n) is 5.29. The molecule has 1 nitrogen and oxygen atoms in total. The number of hydrogen-bond donors (Lipinski definition) is 1. The number of rotatable bonds is 5. The van der Waals surface area contributed by atoms with Gasteiger partial charge in [0.05, 0.1) is 0 Å². The van der Waals surface area contributed by atoms with Crippen LogP contribution < -0.4 is 5.32 Å². The molecule has 0 aliphatic carbocycles. The van der Waals surface area contributed by atoms with Gasteiger partial charge in [-0.2, -0.15) is 0 Å². The second kappa shape index (κ2) is 6.95. The van der Waals surface area contributed by atoms with Crippen LogP contribution in [0.4, 0.5) is 0 Å². The molecule has 2 atom stereocenters. The van der Waals surface area contributed by atoms with Gasteiger partial charge in [-0.1, -0.05) is 43.1 Å². The number of halogens is 2. The molecule has 0 saturated carbocycles. The lowest BCUT2D eigenvalue weighted by molar-refractivity contribution is 0.379. The third-order valence-electron chi connectivity index (χ3n) is 3.37. The van der Waals surface area contributed by atoms with Gasteiger partial charge in [0.25, 0.3) is 0 Å². The monoisotopic (exact) mass is 327 g/mol. The smallest absolute Gasteiger partial charge is 0.0454 e. The van der Waals surface area contributed by atoms with Crippen molar-refractivity contribution in [2.75, 3.05) is 0 Å². The summed E-state index contributed by atoms with van der Waals surface area (Å²) in [5.74, 6) is 0.508. The van der Waals surface area contributed by atoms with Gasteiger partial charge in [-0.15, -0.1) is 11.3 Å². The molecule has 0 saturated heterocycles. The lowest BCUT2D eigenvalue weighted by atomic mass is 9.99. The molecule has 4 heteroatoms. The van der Waals surface area contributed by atoms with Crippen LogP contribution in [-0.2, 0) is 0 Å². The molecule has 2 unspecified atom stereocenters. The Morgan fingerprint density at radius 3 is 2.45 bits per heavy atom. The Bertz CT molecular complexity index is 552. The zero-order chi connectivity index (χ0) is 14.7. The Morgan fingerprint density at radius 1 is 1.10 bits per heavy atom. The minimum Gasteiger partial charge on any atom is -0.302 e. The average Bonchev–Trinajstić information content (AvgIpc) is 2.91. The van der Waals surface area contributed by atoms with E-state index >= 15 is 0 Å². The first-order chi connectivity index (χ1) is 9.49. The van der Waals surface area contributed by atoms with Crippen LogP contribution in [0.5, 0.6) is 0 Å². The van der Waals surface area contributed by atoms with Crippen LogP contribution in [0, 0.1) is 5.92 Å². The van der Waals surface area contributed by atoms with E-state index in [2.05, 4.69) is 43.6 Å². The van der Waals surface area contributed by atoms with E-state index in [1.165, 1.54) is 4.88 Å². The molecule has 1 aromatic heterocycles. The Kier molecular flexibility index (Phi) is 5.50. The van der Waals surface area contributed by atoms with Crippen LogP contribution in [0.15, 0.2) is 35.7 Å². The van der Waals surface area contributed by atoms with Gasteiger partial charge in [0.2, 0.25) is 0 Å². The summed E-state index contributed by atoms with van der Waals surface area (Å²) in [5, 5.41) is 7.26. The molecule has 0 aliphatic rings. The Balaban J connectivity index is 2.20. The zero-order valence-electron chi connectivity index (χ0n) is 11.9. The highest BCUT2D eigenvalue weighted by Gasteiger charge is 2.20. The van der Waals surface area contributed by atoms with Crippen molar-refractivity contribution in [3.05, 3.63) is 56.2 Å². The zero-order valence-corrected chi connectivity index (χ0v) is 14.2. The van der Waals surface area contributed by atoms with Crippen LogP contribution in [0.2, 0.25) is 10.0 Å². The van der Waals surface area contributed by atoms with E-state index < -0.39 is 0 Å². The van der Waals surface area contributed by atoms with Gasteiger partial charge in [0.15, 0.2) is 0 Å². The van der Waals surface area contributed by atoms with Gasteiger partial charge in [-0.3, -0.25) is 0 Å². The molecule has 0 aliphatic heterocycles. The first kappa shape index (κ1) is 15.8. The molecule has 0 bridgehead atoms. The van der Waals surface area contributed by atoms with E-state index in [4.69, 9.17) is 23.2 Å². The fraction of sp³-hybridized carbons (Fsp3) is 0.375. The van der Waals surface area contributed by atoms with Crippen molar-refractivity contribution in [1.29, 1.82) is 0 Å². The highest BCUT2D eigenvalue weighted by atomic mass is 35.5. The van der Waals surface area contributed by atoms with Crippen LogP contribution in [0.3, 0.4) is 0 Å². The highest BCUT2D eigenvalue weighted by Crippen LogP contribution is 2.32. The van der Waals surface area contributed by atoms with Crippen molar-refractivity contribution >= 4 is 34.5 Å². The molecule has 2 rings (SSSR count). The van der Waals surface area contributed by atoms with Gasteiger partial charge >= 0.3 is 0 Å². The fourth-order valence-corrected chi connectivity index (χ4v) is 3.70. The lowest BCUT2D eigenvalue weighted by Crippen LogP contribution is -2.28. The number of hydrogen-bond acceptors (Lipinski definition) is 2. The molecular formula is C16H19Cl2NS. The molecule has 108 valence electrons. The minimum atomic E-state index is 0.149. The maximum Gasteiger partial charge on any atom is 0.0454 e. The third-order valence-corrected chi connectivity index (χ3v) is 4.91. The van der Waals surface area contributed by atoms with Crippen molar-refractivity contribution in [2.24, 2.45) is 5.92 Å². The summed E-state index contributed by atoms with van der Waals surface area (Å²) in [6.07, 6.45) is 0. The normalized spacial score (nSPS) is 14.5. The van der Waals surface area contributed by atoms with E-state index in [1.54, 1.807) is 11.3 Å². The van der Waals surface area contributed by atoms with Gasteiger partial charge in [-0.25, -0.2) is 0 Å². The fourth-order valence-electron chi connectivity index (χ4n) is 2.28. The standard InChI is InChI=1S/C16H19Cl2NS/c1-10(2)16(15-5-4-8-20-15)19-11(3)13-9-12(17)6-7-14(13)18/h4-11,16,19H,1-3H3. The van der Waals surface area contributed by atoms with Crippen molar-refractivity contribution in [1.82, 2.24) is 5.32 Å². The predicted molar refractivity (Wildman–Crippen MR) is 89.9 cm³/mol. The first-order valence-electron chi connectivity index (χ1n) is 6.73. The molecule has 1 N–H and O–H groups in total. The molecule has 1 heterocycles. The Morgan fingerprint density at radius 2 is 1.85 bits per heavy atom. The Labute approximate surface area is 134 Å². The third kappa shape index (κ3) is 3.76. The van der Waals surface area contributed by atoms with Crippen molar-refractivity contribution in [2.45, 2.75) is 32.9 Å². The average molecular weight is 328 g/mol. The maximum absolute atomic E-state index is 6.28. The molecule has 1 aromatic carbocycles. The summed E-state index contributed by atoms with van der Waals surface area (Å²) < 4.78 is 0. The van der Waals surface area contributed by atoms with Crippen LogP contribution >= 0.6 is 34.5 Å². The molecule has 2 aromatic rings. The summed E-state index contributed by atoms with van der Waals surface area (Å²) in [4.78, 5) is 1.35. The SMILES string of the molecule is CC(NC(c1cccs1)C(C)C)c1cc(Cl)ccc1Cl. The predicted octanol–water partition coefficient (Wildman–Crippen LogP) is 6.10. The van der Waals surface area contributed by atoms with E-state index in [0.29, 0.717) is 12.0 Å². The summed E-state index contributed by atoms with van der Waals surface area (Å²) >= 11 is 14.1. The van der Waals surface area contributed by atoms with E-state index in [-0.39, 0.29) is 6.04 Å².